The molecule has 0 bridgehead atoms. The summed E-state index contributed by atoms with van der Waals surface area (Å²) in [6.45, 7) is 2.38. The van der Waals surface area contributed by atoms with Gasteiger partial charge in [0.05, 0.1) is 0 Å². The fraction of sp³-hybridized carbons (Fsp3) is 0.647. The number of aryl methyl sites for hydroxylation is 1. The van der Waals surface area contributed by atoms with Gasteiger partial charge in [0.25, 0.3) is 0 Å². The van der Waals surface area contributed by atoms with E-state index in [9.17, 15) is 4.39 Å². The highest BCUT2D eigenvalue weighted by atomic mass is 19.1. The first-order chi connectivity index (χ1) is 8.72. The fourth-order valence-electron chi connectivity index (χ4n) is 3.91. The summed E-state index contributed by atoms with van der Waals surface area (Å²) in [6.07, 6.45) is 9.22. The Balaban J connectivity index is 1.69. The third-order valence-electron chi connectivity index (χ3n) is 5.16. The van der Waals surface area contributed by atoms with Crippen molar-refractivity contribution in [2.75, 3.05) is 0 Å². The molecule has 0 nitrogen and oxygen atoms in total. The Morgan fingerprint density at radius 1 is 0.944 bits per heavy atom. The first-order valence-electron chi connectivity index (χ1n) is 7.49. The average Bonchev–Trinajstić information content (AvgIpc) is 2.39. The van der Waals surface area contributed by atoms with E-state index in [1.54, 1.807) is 12.1 Å². The van der Waals surface area contributed by atoms with Gasteiger partial charge in [0.1, 0.15) is 5.82 Å². The van der Waals surface area contributed by atoms with Crippen molar-refractivity contribution in [1.29, 1.82) is 0 Å². The molecule has 1 atom stereocenters. The molecule has 0 spiro atoms. The van der Waals surface area contributed by atoms with Crippen LogP contribution < -0.4 is 0 Å². The van der Waals surface area contributed by atoms with E-state index in [4.69, 9.17) is 0 Å². The molecule has 0 amide bonds. The van der Waals surface area contributed by atoms with Gasteiger partial charge in [-0.05, 0) is 73.1 Å². The van der Waals surface area contributed by atoms with Crippen LogP contribution in [-0.2, 0) is 12.8 Å². The zero-order valence-corrected chi connectivity index (χ0v) is 11.3. The lowest BCUT2D eigenvalue weighted by molar-refractivity contribution is 0.197. The second kappa shape index (κ2) is 5.03. The minimum Gasteiger partial charge on any atom is -0.207 e. The van der Waals surface area contributed by atoms with Crippen LogP contribution in [0.25, 0.3) is 0 Å². The molecule has 1 saturated carbocycles. The number of hydrogen-bond acceptors (Lipinski definition) is 0. The van der Waals surface area contributed by atoms with Crippen molar-refractivity contribution >= 4 is 0 Å². The zero-order chi connectivity index (χ0) is 12.5. The van der Waals surface area contributed by atoms with Gasteiger partial charge in [-0.15, -0.1) is 0 Å². The van der Waals surface area contributed by atoms with Crippen molar-refractivity contribution in [1.82, 2.24) is 0 Å². The molecule has 1 fully saturated rings. The van der Waals surface area contributed by atoms with Crippen LogP contribution in [0.15, 0.2) is 18.2 Å². The minimum atomic E-state index is -0.0707. The number of hydrogen-bond donors (Lipinski definition) is 0. The summed E-state index contributed by atoms with van der Waals surface area (Å²) in [4.78, 5) is 0. The maximum absolute atomic E-state index is 13.2. The van der Waals surface area contributed by atoms with Crippen LogP contribution in [-0.4, -0.2) is 0 Å². The largest absolute Gasteiger partial charge is 0.207 e. The van der Waals surface area contributed by atoms with Gasteiger partial charge in [0.15, 0.2) is 0 Å². The van der Waals surface area contributed by atoms with Crippen LogP contribution in [0.4, 0.5) is 4.39 Å². The van der Waals surface area contributed by atoms with E-state index in [1.165, 1.54) is 49.7 Å². The van der Waals surface area contributed by atoms with E-state index in [1.807, 2.05) is 6.07 Å². The van der Waals surface area contributed by atoms with E-state index in [-0.39, 0.29) is 5.82 Å². The minimum absolute atomic E-state index is 0.0707. The van der Waals surface area contributed by atoms with Gasteiger partial charge in [-0.3, -0.25) is 0 Å². The quantitative estimate of drug-likeness (QED) is 0.670. The fourth-order valence-corrected chi connectivity index (χ4v) is 3.91. The Kier molecular flexibility index (Phi) is 3.41. The summed E-state index contributed by atoms with van der Waals surface area (Å²) in [5, 5.41) is 0. The third kappa shape index (κ3) is 2.46. The maximum Gasteiger partial charge on any atom is 0.123 e. The molecular formula is C17H23F. The average molecular weight is 246 g/mol. The van der Waals surface area contributed by atoms with Crippen molar-refractivity contribution in [3.8, 4) is 0 Å². The Hall–Kier alpha value is -0.850. The van der Waals surface area contributed by atoms with Crippen LogP contribution in [0.3, 0.4) is 0 Å². The zero-order valence-electron chi connectivity index (χ0n) is 11.3. The molecule has 0 heterocycles. The summed E-state index contributed by atoms with van der Waals surface area (Å²) >= 11 is 0. The Labute approximate surface area is 110 Å². The Morgan fingerprint density at radius 2 is 1.72 bits per heavy atom. The molecule has 0 radical (unpaired) electrons. The van der Waals surface area contributed by atoms with Crippen LogP contribution in [0.5, 0.6) is 0 Å². The highest BCUT2D eigenvalue weighted by molar-refractivity contribution is 5.30. The predicted molar refractivity (Wildman–Crippen MR) is 73.0 cm³/mol. The third-order valence-corrected chi connectivity index (χ3v) is 5.16. The molecule has 0 N–H and O–H groups in total. The van der Waals surface area contributed by atoms with E-state index < -0.39 is 0 Å². The number of rotatable bonds is 1. The van der Waals surface area contributed by atoms with Gasteiger partial charge >= 0.3 is 0 Å². The molecule has 1 heteroatoms. The van der Waals surface area contributed by atoms with Gasteiger partial charge in [-0.1, -0.05) is 25.8 Å². The SMILES string of the molecule is CC1CCC(C2CCc3cc(F)ccc3C2)CC1. The normalized spacial score (nSPS) is 32.0. The lowest BCUT2D eigenvalue weighted by Crippen LogP contribution is -2.26. The highest BCUT2D eigenvalue weighted by Gasteiger charge is 2.29. The van der Waals surface area contributed by atoms with Crippen molar-refractivity contribution in [3.63, 3.8) is 0 Å². The second-order valence-corrected chi connectivity index (χ2v) is 6.44. The summed E-state index contributed by atoms with van der Waals surface area (Å²) in [7, 11) is 0. The predicted octanol–water partition coefficient (Wildman–Crippen LogP) is 4.76. The molecule has 0 aliphatic heterocycles. The second-order valence-electron chi connectivity index (χ2n) is 6.44. The van der Waals surface area contributed by atoms with Crippen LogP contribution >= 0.6 is 0 Å². The van der Waals surface area contributed by atoms with Crippen LogP contribution in [0, 0.1) is 23.6 Å². The smallest absolute Gasteiger partial charge is 0.123 e. The van der Waals surface area contributed by atoms with Gasteiger partial charge in [0.2, 0.25) is 0 Å². The monoisotopic (exact) mass is 246 g/mol. The molecule has 2 aliphatic rings. The van der Waals surface area contributed by atoms with E-state index in [2.05, 4.69) is 6.92 Å². The summed E-state index contributed by atoms with van der Waals surface area (Å²) in [5.41, 5.74) is 2.67. The van der Waals surface area contributed by atoms with E-state index >= 15 is 0 Å². The topological polar surface area (TPSA) is 0 Å². The Morgan fingerprint density at radius 3 is 2.50 bits per heavy atom. The van der Waals surface area contributed by atoms with Gasteiger partial charge in [-0.2, -0.15) is 0 Å². The van der Waals surface area contributed by atoms with Gasteiger partial charge < -0.3 is 0 Å². The number of benzene rings is 1. The number of halogens is 1. The van der Waals surface area contributed by atoms with Crippen LogP contribution in [0.1, 0.15) is 50.2 Å². The lowest BCUT2D eigenvalue weighted by atomic mass is 9.70. The van der Waals surface area contributed by atoms with Crippen molar-refractivity contribution in [2.45, 2.75) is 51.9 Å². The molecule has 1 aromatic carbocycles. The summed E-state index contributed by atoms with van der Waals surface area (Å²) in [6, 6.07) is 5.39. The molecule has 98 valence electrons. The molecule has 18 heavy (non-hydrogen) atoms. The summed E-state index contributed by atoms with van der Waals surface area (Å²) < 4.78 is 13.2. The van der Waals surface area contributed by atoms with Crippen molar-refractivity contribution in [3.05, 3.63) is 35.1 Å². The maximum atomic E-state index is 13.2. The van der Waals surface area contributed by atoms with Gasteiger partial charge in [-0.25, -0.2) is 4.39 Å². The van der Waals surface area contributed by atoms with Crippen molar-refractivity contribution < 1.29 is 4.39 Å². The summed E-state index contributed by atoms with van der Waals surface area (Å²) in [5.74, 6) is 2.65. The van der Waals surface area contributed by atoms with Crippen molar-refractivity contribution in [2.24, 2.45) is 17.8 Å². The standard InChI is InChI=1S/C17H23F/c1-12-2-4-13(5-3-12)14-6-7-16-11-17(18)9-8-15(16)10-14/h8-9,11-14H,2-7,10H2,1H3. The van der Waals surface area contributed by atoms with E-state index in [0.717, 1.165) is 24.2 Å². The molecule has 0 aromatic heterocycles. The Bertz CT molecular complexity index is 416. The molecule has 1 unspecified atom stereocenters. The molecule has 1 aromatic rings. The number of fused-ring (bicyclic) bond motifs is 1. The van der Waals surface area contributed by atoms with Gasteiger partial charge in [0, 0.05) is 0 Å². The first kappa shape index (κ1) is 12.2. The molecule has 0 saturated heterocycles. The lowest BCUT2D eigenvalue weighted by Gasteiger charge is -2.35. The molecule has 2 aliphatic carbocycles. The van der Waals surface area contributed by atoms with E-state index in [0.29, 0.717) is 0 Å². The van der Waals surface area contributed by atoms with Crippen LogP contribution in [0.2, 0.25) is 0 Å². The highest BCUT2D eigenvalue weighted by Crippen LogP contribution is 2.39. The molecule has 3 rings (SSSR count). The first-order valence-corrected chi connectivity index (χ1v) is 7.49. The molecular weight excluding hydrogens is 223 g/mol.